The Morgan fingerprint density at radius 3 is 2.33 bits per heavy atom. The van der Waals surface area contributed by atoms with E-state index in [1.165, 1.54) is 25.7 Å². The molecule has 0 atom stereocenters. The van der Waals surface area contributed by atoms with Crippen molar-refractivity contribution in [3.8, 4) is 0 Å². The van der Waals surface area contributed by atoms with Crippen molar-refractivity contribution in [3.05, 3.63) is 0 Å². The van der Waals surface area contributed by atoms with Crippen LogP contribution >= 0.6 is 12.6 Å². The van der Waals surface area contributed by atoms with Gasteiger partial charge in [-0.2, -0.15) is 12.6 Å². The summed E-state index contributed by atoms with van der Waals surface area (Å²) in [6.07, 6.45) is 5.04. The van der Waals surface area contributed by atoms with Crippen LogP contribution < -0.4 is 0 Å². The van der Waals surface area contributed by atoms with Crippen molar-refractivity contribution in [1.82, 2.24) is 0 Å². The van der Waals surface area contributed by atoms with E-state index in [4.69, 9.17) is 4.74 Å². The lowest BCUT2D eigenvalue weighted by Crippen LogP contribution is -2.02. The van der Waals surface area contributed by atoms with E-state index >= 15 is 0 Å². The molecule has 0 aliphatic carbocycles. The summed E-state index contributed by atoms with van der Waals surface area (Å²) in [6.45, 7) is 6.21. The maximum Gasteiger partial charge on any atom is 0.0488 e. The monoisotopic (exact) mass is 190 g/mol. The third kappa shape index (κ3) is 10.3. The van der Waals surface area contributed by atoms with E-state index in [2.05, 4.69) is 26.5 Å². The minimum absolute atomic E-state index is 0.669. The number of hydrogen-bond donors (Lipinski definition) is 1. The molecule has 0 fully saturated rings. The van der Waals surface area contributed by atoms with E-state index in [1.807, 2.05) is 0 Å². The minimum atomic E-state index is 0.669. The van der Waals surface area contributed by atoms with E-state index in [1.54, 1.807) is 0 Å². The molecular formula is C10H22OS. The summed E-state index contributed by atoms with van der Waals surface area (Å²) >= 11 is 4.16. The molecule has 74 valence electrons. The molecule has 0 aromatic heterocycles. The summed E-state index contributed by atoms with van der Waals surface area (Å²) in [6, 6.07) is 0. The van der Waals surface area contributed by atoms with Crippen molar-refractivity contribution in [1.29, 1.82) is 0 Å². The number of rotatable bonds is 8. The maximum atomic E-state index is 5.46. The van der Waals surface area contributed by atoms with E-state index in [9.17, 15) is 0 Å². The van der Waals surface area contributed by atoms with Gasteiger partial charge in [-0.25, -0.2) is 0 Å². The largest absolute Gasteiger partial charge is 0.381 e. The van der Waals surface area contributed by atoms with Crippen LogP contribution in [0.15, 0.2) is 0 Å². The molecule has 0 aromatic rings. The van der Waals surface area contributed by atoms with Crippen LogP contribution in [0.2, 0.25) is 0 Å². The molecule has 1 nitrogen and oxygen atoms in total. The van der Waals surface area contributed by atoms with Gasteiger partial charge < -0.3 is 4.74 Å². The Morgan fingerprint density at radius 2 is 1.75 bits per heavy atom. The van der Waals surface area contributed by atoms with Gasteiger partial charge in [-0.1, -0.05) is 26.7 Å². The van der Waals surface area contributed by atoms with E-state index in [0.29, 0.717) is 5.92 Å². The normalized spacial score (nSPS) is 11.0. The molecule has 0 radical (unpaired) electrons. The molecule has 0 heterocycles. The zero-order valence-electron chi connectivity index (χ0n) is 8.38. The Hall–Kier alpha value is 0.310. The number of ether oxygens (including phenoxy) is 1. The van der Waals surface area contributed by atoms with E-state index in [0.717, 1.165) is 19.0 Å². The van der Waals surface area contributed by atoms with Crippen molar-refractivity contribution >= 4 is 12.6 Å². The zero-order chi connectivity index (χ0) is 9.23. The van der Waals surface area contributed by atoms with Crippen LogP contribution in [0.4, 0.5) is 0 Å². The summed E-state index contributed by atoms with van der Waals surface area (Å²) in [5.74, 6) is 1.69. The van der Waals surface area contributed by atoms with Gasteiger partial charge in [-0.3, -0.25) is 0 Å². The maximum absolute atomic E-state index is 5.46. The Kier molecular flexibility index (Phi) is 9.64. The van der Waals surface area contributed by atoms with Crippen LogP contribution in [0.3, 0.4) is 0 Å². The smallest absolute Gasteiger partial charge is 0.0488 e. The Balaban J connectivity index is 2.82. The first-order valence-corrected chi connectivity index (χ1v) is 5.59. The van der Waals surface area contributed by atoms with Crippen LogP contribution in [0.5, 0.6) is 0 Å². The highest BCUT2D eigenvalue weighted by Crippen LogP contribution is 2.01. The van der Waals surface area contributed by atoms with Crippen molar-refractivity contribution in [2.45, 2.75) is 39.5 Å². The van der Waals surface area contributed by atoms with Crippen molar-refractivity contribution in [2.24, 2.45) is 5.92 Å². The lowest BCUT2D eigenvalue weighted by molar-refractivity contribution is 0.106. The van der Waals surface area contributed by atoms with Crippen LogP contribution in [0.25, 0.3) is 0 Å². The standard InChI is InChI=1S/C10H22OS/c1-10(2)9-11-7-5-3-4-6-8-12/h10,12H,3-9H2,1-2H3. The fourth-order valence-electron chi connectivity index (χ4n) is 0.989. The molecule has 0 saturated carbocycles. The van der Waals surface area contributed by atoms with Crippen LogP contribution in [0, 0.1) is 5.92 Å². The molecule has 0 aliphatic rings. The fraction of sp³-hybridized carbons (Fsp3) is 1.00. The third-order valence-corrected chi connectivity index (χ3v) is 1.96. The average molecular weight is 190 g/mol. The second-order valence-electron chi connectivity index (χ2n) is 3.61. The molecule has 0 N–H and O–H groups in total. The first-order valence-electron chi connectivity index (χ1n) is 4.96. The Labute approximate surface area is 82.3 Å². The first kappa shape index (κ1) is 12.3. The summed E-state index contributed by atoms with van der Waals surface area (Å²) in [5.41, 5.74) is 0. The van der Waals surface area contributed by atoms with E-state index in [-0.39, 0.29) is 0 Å². The van der Waals surface area contributed by atoms with Gasteiger partial charge in [0.05, 0.1) is 0 Å². The third-order valence-electron chi connectivity index (χ3n) is 1.65. The Morgan fingerprint density at radius 1 is 1.08 bits per heavy atom. The summed E-state index contributed by atoms with van der Waals surface area (Å²) in [4.78, 5) is 0. The highest BCUT2D eigenvalue weighted by Gasteiger charge is 1.93. The van der Waals surface area contributed by atoms with Gasteiger partial charge in [0.25, 0.3) is 0 Å². The lowest BCUT2D eigenvalue weighted by Gasteiger charge is -2.05. The quantitative estimate of drug-likeness (QED) is 0.457. The molecule has 0 aliphatic heterocycles. The van der Waals surface area contributed by atoms with Crippen molar-refractivity contribution in [2.75, 3.05) is 19.0 Å². The van der Waals surface area contributed by atoms with Crippen molar-refractivity contribution in [3.63, 3.8) is 0 Å². The first-order chi connectivity index (χ1) is 5.77. The molecule has 0 unspecified atom stereocenters. The van der Waals surface area contributed by atoms with Gasteiger partial charge in [0.15, 0.2) is 0 Å². The predicted molar refractivity (Wildman–Crippen MR) is 58.0 cm³/mol. The second-order valence-corrected chi connectivity index (χ2v) is 4.05. The lowest BCUT2D eigenvalue weighted by atomic mass is 10.2. The van der Waals surface area contributed by atoms with Crippen LogP contribution in [-0.2, 0) is 4.74 Å². The number of thiol groups is 1. The molecule has 0 spiro atoms. The van der Waals surface area contributed by atoms with Gasteiger partial charge in [0, 0.05) is 13.2 Å². The van der Waals surface area contributed by atoms with Crippen LogP contribution in [0.1, 0.15) is 39.5 Å². The molecule has 0 rings (SSSR count). The molecule has 12 heavy (non-hydrogen) atoms. The van der Waals surface area contributed by atoms with Gasteiger partial charge in [0.1, 0.15) is 0 Å². The predicted octanol–water partition coefficient (Wildman–Crippen LogP) is 3.15. The summed E-state index contributed by atoms with van der Waals surface area (Å²) in [7, 11) is 0. The molecular weight excluding hydrogens is 168 g/mol. The molecule has 0 bridgehead atoms. The molecule has 2 heteroatoms. The van der Waals surface area contributed by atoms with Crippen molar-refractivity contribution < 1.29 is 4.74 Å². The van der Waals surface area contributed by atoms with Gasteiger partial charge in [-0.15, -0.1) is 0 Å². The molecule has 0 aromatic carbocycles. The SMILES string of the molecule is CC(C)COCCCCCCS. The number of unbranched alkanes of at least 4 members (excludes halogenated alkanes) is 3. The summed E-state index contributed by atoms with van der Waals surface area (Å²) < 4.78 is 5.46. The Bertz CT molecular complexity index is 83.9. The summed E-state index contributed by atoms with van der Waals surface area (Å²) in [5, 5.41) is 0. The van der Waals surface area contributed by atoms with Gasteiger partial charge in [-0.05, 0) is 24.5 Å². The average Bonchev–Trinajstić information content (AvgIpc) is 2.02. The van der Waals surface area contributed by atoms with Crippen LogP contribution in [-0.4, -0.2) is 19.0 Å². The topological polar surface area (TPSA) is 9.23 Å². The fourth-order valence-corrected chi connectivity index (χ4v) is 1.21. The van der Waals surface area contributed by atoms with Gasteiger partial charge in [0.2, 0.25) is 0 Å². The number of hydrogen-bond acceptors (Lipinski definition) is 2. The zero-order valence-corrected chi connectivity index (χ0v) is 9.28. The highest BCUT2D eigenvalue weighted by molar-refractivity contribution is 7.80. The van der Waals surface area contributed by atoms with Gasteiger partial charge >= 0.3 is 0 Å². The molecule has 0 saturated heterocycles. The van der Waals surface area contributed by atoms with E-state index < -0.39 is 0 Å². The highest BCUT2D eigenvalue weighted by atomic mass is 32.1. The second kappa shape index (κ2) is 9.40. The molecule has 0 amide bonds. The minimum Gasteiger partial charge on any atom is -0.381 e.